The maximum Gasteiger partial charge on any atom is 0.303 e. The molecule has 33 heavy (non-hydrogen) atoms. The first kappa shape index (κ1) is 22.4. The van der Waals surface area contributed by atoms with Crippen LogP contribution in [-0.2, 0) is 24.2 Å². The van der Waals surface area contributed by atoms with Crippen LogP contribution in [-0.4, -0.2) is 17.7 Å². The van der Waals surface area contributed by atoms with Crippen LogP contribution < -0.4 is 9.47 Å². The fourth-order valence-electron chi connectivity index (χ4n) is 3.82. The molecule has 1 N–H and O–H groups in total. The van der Waals surface area contributed by atoms with Crippen molar-refractivity contribution in [3.05, 3.63) is 107 Å². The van der Waals surface area contributed by atoms with Gasteiger partial charge in [-0.15, -0.1) is 0 Å². The zero-order valence-corrected chi connectivity index (χ0v) is 18.8. The largest absolute Gasteiger partial charge is 0.493 e. The molecule has 0 heterocycles. The second-order valence-corrected chi connectivity index (χ2v) is 8.17. The highest BCUT2D eigenvalue weighted by Crippen LogP contribution is 2.25. The molecular formula is C29H28O4. The quantitative estimate of drug-likeness (QED) is 0.311. The van der Waals surface area contributed by atoms with Crippen LogP contribution in [0.4, 0.5) is 0 Å². The van der Waals surface area contributed by atoms with Crippen LogP contribution in [0.25, 0.3) is 10.8 Å². The minimum absolute atomic E-state index is 0.0695. The van der Waals surface area contributed by atoms with Crippen LogP contribution in [0, 0.1) is 6.92 Å². The molecule has 0 saturated carbocycles. The molecule has 0 aromatic heterocycles. The van der Waals surface area contributed by atoms with E-state index in [0.717, 1.165) is 34.6 Å². The minimum atomic E-state index is -0.816. The van der Waals surface area contributed by atoms with Crippen molar-refractivity contribution in [2.45, 2.75) is 32.8 Å². The van der Waals surface area contributed by atoms with Crippen molar-refractivity contribution < 1.29 is 19.4 Å². The second-order valence-electron chi connectivity index (χ2n) is 8.17. The van der Waals surface area contributed by atoms with E-state index in [1.807, 2.05) is 61.5 Å². The third kappa shape index (κ3) is 6.13. The fraction of sp³-hybridized carbons (Fsp3) is 0.207. The number of rotatable bonds is 10. The summed E-state index contributed by atoms with van der Waals surface area (Å²) < 4.78 is 12.1. The van der Waals surface area contributed by atoms with Crippen LogP contribution in [0.5, 0.6) is 11.5 Å². The molecule has 0 aliphatic rings. The van der Waals surface area contributed by atoms with E-state index >= 15 is 0 Å². The number of aliphatic carboxylic acids is 1. The van der Waals surface area contributed by atoms with Crippen LogP contribution in [0.3, 0.4) is 0 Å². The summed E-state index contributed by atoms with van der Waals surface area (Å²) in [6, 6.07) is 28.6. The van der Waals surface area contributed by atoms with E-state index < -0.39 is 5.97 Å². The van der Waals surface area contributed by atoms with Crippen molar-refractivity contribution in [2.24, 2.45) is 0 Å². The Morgan fingerprint density at radius 3 is 2.33 bits per heavy atom. The standard InChI is InChI=1S/C29H28O4/c1-21-6-2-5-9-27(21)33-20-23-11-13-25(14-15-29(30)31)28(19-23)32-17-16-22-10-12-24-7-3-4-8-26(24)18-22/h2-13,18-19H,14-17,20H2,1H3,(H,30,31). The van der Waals surface area contributed by atoms with Gasteiger partial charge in [0.15, 0.2) is 0 Å². The molecule has 0 aliphatic heterocycles. The molecule has 4 aromatic carbocycles. The predicted molar refractivity (Wildman–Crippen MR) is 131 cm³/mol. The number of para-hydroxylation sites is 1. The number of carbonyl (C=O) groups is 1. The predicted octanol–water partition coefficient (Wildman–Crippen LogP) is 6.37. The minimum Gasteiger partial charge on any atom is -0.493 e. The third-order valence-electron chi connectivity index (χ3n) is 5.69. The molecule has 0 spiro atoms. The van der Waals surface area contributed by atoms with Gasteiger partial charge in [-0.2, -0.15) is 0 Å². The zero-order valence-electron chi connectivity index (χ0n) is 18.8. The Bertz CT molecular complexity index is 1250. The van der Waals surface area contributed by atoms with Gasteiger partial charge in [0.25, 0.3) is 0 Å². The fourth-order valence-corrected chi connectivity index (χ4v) is 3.82. The second kappa shape index (κ2) is 10.7. The van der Waals surface area contributed by atoms with Crippen LogP contribution in [0.2, 0.25) is 0 Å². The van der Waals surface area contributed by atoms with Crippen LogP contribution >= 0.6 is 0 Å². The molecule has 0 radical (unpaired) electrons. The lowest BCUT2D eigenvalue weighted by Gasteiger charge is -2.14. The smallest absolute Gasteiger partial charge is 0.303 e. The van der Waals surface area contributed by atoms with Crippen LogP contribution in [0.15, 0.2) is 84.9 Å². The first-order valence-electron chi connectivity index (χ1n) is 11.2. The van der Waals surface area contributed by atoms with Crippen molar-refractivity contribution in [2.75, 3.05) is 6.61 Å². The normalized spacial score (nSPS) is 10.8. The van der Waals surface area contributed by atoms with Crippen molar-refractivity contribution in [3.63, 3.8) is 0 Å². The van der Waals surface area contributed by atoms with Gasteiger partial charge in [0.2, 0.25) is 0 Å². The van der Waals surface area contributed by atoms with E-state index in [2.05, 4.69) is 30.3 Å². The molecule has 0 amide bonds. The first-order chi connectivity index (χ1) is 16.1. The number of hydrogen-bond acceptors (Lipinski definition) is 3. The van der Waals surface area contributed by atoms with Crippen molar-refractivity contribution in [3.8, 4) is 11.5 Å². The molecule has 0 atom stereocenters. The lowest BCUT2D eigenvalue weighted by atomic mass is 10.0. The summed E-state index contributed by atoms with van der Waals surface area (Å²) >= 11 is 0. The zero-order chi connectivity index (χ0) is 23.0. The Morgan fingerprint density at radius 1 is 0.758 bits per heavy atom. The molecule has 0 aliphatic carbocycles. The molecule has 0 unspecified atom stereocenters. The lowest BCUT2D eigenvalue weighted by Crippen LogP contribution is -2.06. The molecule has 4 rings (SSSR count). The Morgan fingerprint density at radius 2 is 1.52 bits per heavy atom. The monoisotopic (exact) mass is 440 g/mol. The summed E-state index contributed by atoms with van der Waals surface area (Å²) in [5.41, 5.74) is 4.18. The molecule has 168 valence electrons. The van der Waals surface area contributed by atoms with E-state index in [1.54, 1.807) is 0 Å². The Labute approximate surface area is 194 Å². The van der Waals surface area contributed by atoms with E-state index in [-0.39, 0.29) is 6.42 Å². The van der Waals surface area contributed by atoms with Gasteiger partial charge in [0, 0.05) is 12.8 Å². The molecule has 4 nitrogen and oxygen atoms in total. The maximum absolute atomic E-state index is 11.1. The average Bonchev–Trinajstić information content (AvgIpc) is 2.83. The van der Waals surface area contributed by atoms with Gasteiger partial charge < -0.3 is 14.6 Å². The Kier molecular flexibility index (Phi) is 7.26. The highest BCUT2D eigenvalue weighted by Gasteiger charge is 2.09. The molecule has 0 fully saturated rings. The SMILES string of the molecule is Cc1ccccc1OCc1ccc(CCC(=O)O)c(OCCc2ccc3ccccc3c2)c1. The van der Waals surface area contributed by atoms with Gasteiger partial charge >= 0.3 is 5.97 Å². The summed E-state index contributed by atoms with van der Waals surface area (Å²) in [5, 5.41) is 11.5. The summed E-state index contributed by atoms with van der Waals surface area (Å²) in [4.78, 5) is 11.1. The number of fused-ring (bicyclic) bond motifs is 1. The van der Waals surface area contributed by atoms with E-state index in [0.29, 0.717) is 19.6 Å². The van der Waals surface area contributed by atoms with E-state index in [1.165, 1.54) is 16.3 Å². The van der Waals surface area contributed by atoms with Gasteiger partial charge in [0.05, 0.1) is 6.61 Å². The maximum atomic E-state index is 11.1. The van der Waals surface area contributed by atoms with Crippen molar-refractivity contribution >= 4 is 16.7 Å². The highest BCUT2D eigenvalue weighted by molar-refractivity contribution is 5.83. The summed E-state index contributed by atoms with van der Waals surface area (Å²) in [5.74, 6) is 0.762. The van der Waals surface area contributed by atoms with Gasteiger partial charge in [-0.3, -0.25) is 4.79 Å². The lowest BCUT2D eigenvalue weighted by molar-refractivity contribution is -0.136. The Hall–Kier alpha value is -3.79. The third-order valence-corrected chi connectivity index (χ3v) is 5.69. The van der Waals surface area contributed by atoms with Gasteiger partial charge in [-0.1, -0.05) is 72.8 Å². The number of aryl methyl sites for hydroxylation is 2. The topological polar surface area (TPSA) is 55.8 Å². The van der Waals surface area contributed by atoms with Gasteiger partial charge in [-0.25, -0.2) is 0 Å². The molecule has 4 aromatic rings. The molecule has 0 bridgehead atoms. The molecule has 0 saturated heterocycles. The summed E-state index contributed by atoms with van der Waals surface area (Å²) in [6.45, 7) is 2.96. The van der Waals surface area contributed by atoms with Gasteiger partial charge in [-0.05, 0) is 58.5 Å². The Balaban J connectivity index is 1.45. The number of ether oxygens (including phenoxy) is 2. The summed E-state index contributed by atoms with van der Waals surface area (Å²) in [7, 11) is 0. The van der Waals surface area contributed by atoms with Crippen LogP contribution in [0.1, 0.15) is 28.7 Å². The molecular weight excluding hydrogens is 412 g/mol. The van der Waals surface area contributed by atoms with Crippen molar-refractivity contribution in [1.82, 2.24) is 0 Å². The first-order valence-corrected chi connectivity index (χ1v) is 11.2. The molecule has 4 heteroatoms. The van der Waals surface area contributed by atoms with Crippen molar-refractivity contribution in [1.29, 1.82) is 0 Å². The number of carboxylic acids is 1. The highest BCUT2D eigenvalue weighted by atomic mass is 16.5. The van der Waals surface area contributed by atoms with E-state index in [9.17, 15) is 4.79 Å². The average molecular weight is 441 g/mol. The number of benzene rings is 4. The number of carboxylic acid groups (broad SMARTS) is 1. The van der Waals surface area contributed by atoms with Gasteiger partial charge in [0.1, 0.15) is 18.1 Å². The number of hydrogen-bond donors (Lipinski definition) is 1. The summed E-state index contributed by atoms with van der Waals surface area (Å²) in [6.07, 6.45) is 1.27. The van der Waals surface area contributed by atoms with E-state index in [4.69, 9.17) is 14.6 Å².